The van der Waals surface area contributed by atoms with E-state index in [4.69, 9.17) is 16.3 Å². The van der Waals surface area contributed by atoms with Gasteiger partial charge in [0.15, 0.2) is 0 Å². The molecule has 3 atom stereocenters. The van der Waals surface area contributed by atoms with E-state index in [9.17, 15) is 0 Å². The van der Waals surface area contributed by atoms with Gasteiger partial charge in [-0.1, -0.05) is 36.7 Å². The van der Waals surface area contributed by atoms with E-state index in [0.29, 0.717) is 18.0 Å². The number of benzene rings is 1. The quantitative estimate of drug-likeness (QED) is 0.872. The summed E-state index contributed by atoms with van der Waals surface area (Å²) in [5.74, 6) is 0.536. The normalized spacial score (nSPS) is 24.2. The van der Waals surface area contributed by atoms with Crippen LogP contribution >= 0.6 is 11.6 Å². The highest BCUT2D eigenvalue weighted by Gasteiger charge is 2.27. The van der Waals surface area contributed by atoms with Gasteiger partial charge in [-0.15, -0.1) is 0 Å². The predicted octanol–water partition coefficient (Wildman–Crippen LogP) is 3.35. The van der Waals surface area contributed by atoms with Crippen LogP contribution in [0, 0.1) is 5.92 Å². The largest absolute Gasteiger partial charge is 0.381 e. The number of hydrogen-bond acceptors (Lipinski definition) is 3. The van der Waals surface area contributed by atoms with Crippen LogP contribution in [0.2, 0.25) is 5.02 Å². The molecule has 0 spiro atoms. The first kappa shape index (κ1) is 16.8. The van der Waals surface area contributed by atoms with E-state index in [1.165, 1.54) is 5.56 Å². The molecule has 3 unspecified atom stereocenters. The lowest BCUT2D eigenvalue weighted by atomic mass is 9.94. The first-order chi connectivity index (χ1) is 10.1. The lowest BCUT2D eigenvalue weighted by molar-refractivity contribution is 0.0158. The van der Waals surface area contributed by atoms with Gasteiger partial charge in [-0.3, -0.25) is 4.90 Å². The number of halogens is 1. The maximum atomic E-state index is 6.32. The maximum absolute atomic E-state index is 6.32. The fourth-order valence-corrected chi connectivity index (χ4v) is 3.38. The van der Waals surface area contributed by atoms with Crippen LogP contribution < -0.4 is 5.32 Å². The second kappa shape index (κ2) is 8.14. The highest BCUT2D eigenvalue weighted by molar-refractivity contribution is 6.31. The summed E-state index contributed by atoms with van der Waals surface area (Å²) in [4.78, 5) is 2.38. The SMILES string of the molecule is CCNC1CCOCC1CN(C)C(C)c1ccccc1Cl. The smallest absolute Gasteiger partial charge is 0.0521 e. The third-order valence-corrected chi connectivity index (χ3v) is 4.82. The van der Waals surface area contributed by atoms with Crippen molar-refractivity contribution in [1.29, 1.82) is 0 Å². The zero-order valence-electron chi connectivity index (χ0n) is 13.3. The molecule has 4 heteroatoms. The minimum Gasteiger partial charge on any atom is -0.381 e. The van der Waals surface area contributed by atoms with Gasteiger partial charge in [-0.05, 0) is 38.6 Å². The average Bonchev–Trinajstić information content (AvgIpc) is 2.49. The lowest BCUT2D eigenvalue weighted by Crippen LogP contribution is -2.47. The zero-order valence-corrected chi connectivity index (χ0v) is 14.1. The first-order valence-corrected chi connectivity index (χ1v) is 8.27. The summed E-state index contributed by atoms with van der Waals surface area (Å²) in [5, 5.41) is 4.44. The van der Waals surface area contributed by atoms with Crippen LogP contribution in [0.1, 0.15) is 31.9 Å². The first-order valence-electron chi connectivity index (χ1n) is 7.89. The third-order valence-electron chi connectivity index (χ3n) is 4.48. The van der Waals surface area contributed by atoms with Gasteiger partial charge in [0, 0.05) is 36.2 Å². The second-order valence-corrected chi connectivity index (χ2v) is 6.33. The van der Waals surface area contributed by atoms with Gasteiger partial charge in [-0.25, -0.2) is 0 Å². The summed E-state index contributed by atoms with van der Waals surface area (Å²) in [6.07, 6.45) is 1.10. The predicted molar refractivity (Wildman–Crippen MR) is 88.9 cm³/mol. The Bertz CT molecular complexity index is 439. The van der Waals surface area contributed by atoms with Crippen LogP contribution in [0.25, 0.3) is 0 Å². The van der Waals surface area contributed by atoms with Crippen molar-refractivity contribution in [2.24, 2.45) is 5.92 Å². The van der Waals surface area contributed by atoms with Crippen LogP contribution in [0.4, 0.5) is 0 Å². The van der Waals surface area contributed by atoms with Gasteiger partial charge in [-0.2, -0.15) is 0 Å². The molecule has 0 radical (unpaired) electrons. The van der Waals surface area contributed by atoms with Crippen LogP contribution in [-0.4, -0.2) is 44.3 Å². The van der Waals surface area contributed by atoms with Crippen molar-refractivity contribution in [3.05, 3.63) is 34.9 Å². The summed E-state index contributed by atoms with van der Waals surface area (Å²) in [5.41, 5.74) is 1.19. The third kappa shape index (κ3) is 4.43. The molecular weight excluding hydrogens is 284 g/mol. The van der Waals surface area contributed by atoms with Crippen LogP contribution in [0.5, 0.6) is 0 Å². The van der Waals surface area contributed by atoms with Crippen LogP contribution in [0.3, 0.4) is 0 Å². The van der Waals surface area contributed by atoms with Crippen molar-refractivity contribution < 1.29 is 4.74 Å². The van der Waals surface area contributed by atoms with Crippen LogP contribution in [-0.2, 0) is 4.74 Å². The average molecular weight is 311 g/mol. The topological polar surface area (TPSA) is 24.5 Å². The van der Waals surface area contributed by atoms with Crippen molar-refractivity contribution in [3.8, 4) is 0 Å². The molecule has 0 aliphatic carbocycles. The summed E-state index contributed by atoms with van der Waals surface area (Å²) in [6, 6.07) is 8.98. The Morgan fingerprint density at radius 2 is 2.19 bits per heavy atom. The minimum absolute atomic E-state index is 0.308. The van der Waals surface area contributed by atoms with Crippen molar-refractivity contribution in [3.63, 3.8) is 0 Å². The standard InChI is InChI=1S/C17H27ClN2O/c1-4-19-17-9-10-21-12-14(17)11-20(3)13(2)15-7-5-6-8-16(15)18/h5-8,13-14,17,19H,4,9-12H2,1-3H3. The number of hydrogen-bond donors (Lipinski definition) is 1. The Morgan fingerprint density at radius 1 is 1.43 bits per heavy atom. The molecule has 0 amide bonds. The molecule has 3 nitrogen and oxygen atoms in total. The summed E-state index contributed by atoms with van der Waals surface area (Å²) in [7, 11) is 2.17. The molecule has 1 aliphatic heterocycles. The van der Waals surface area contributed by atoms with Crippen molar-refractivity contribution in [1.82, 2.24) is 10.2 Å². The van der Waals surface area contributed by atoms with Crippen molar-refractivity contribution in [2.45, 2.75) is 32.4 Å². The van der Waals surface area contributed by atoms with Crippen molar-refractivity contribution in [2.75, 3.05) is 33.4 Å². The summed E-state index contributed by atoms with van der Waals surface area (Å²) < 4.78 is 5.68. The zero-order chi connectivity index (χ0) is 15.2. The molecule has 0 bridgehead atoms. The molecule has 1 N–H and O–H groups in total. The lowest BCUT2D eigenvalue weighted by Gasteiger charge is -2.36. The molecule has 21 heavy (non-hydrogen) atoms. The summed E-state index contributed by atoms with van der Waals surface area (Å²) >= 11 is 6.32. The number of rotatable bonds is 6. The molecule has 1 fully saturated rings. The Kier molecular flexibility index (Phi) is 6.49. The Hall–Kier alpha value is -0.610. The van der Waals surface area contributed by atoms with Gasteiger partial charge >= 0.3 is 0 Å². The monoisotopic (exact) mass is 310 g/mol. The van der Waals surface area contributed by atoms with E-state index in [1.807, 2.05) is 12.1 Å². The summed E-state index contributed by atoms with van der Waals surface area (Å²) in [6.45, 7) is 8.14. The molecule has 118 valence electrons. The molecule has 1 aromatic carbocycles. The highest BCUT2D eigenvalue weighted by Crippen LogP contribution is 2.27. The Balaban J connectivity index is 1.99. The minimum atomic E-state index is 0.308. The fraction of sp³-hybridized carbons (Fsp3) is 0.647. The molecule has 2 rings (SSSR count). The number of nitrogens with zero attached hydrogens (tertiary/aromatic N) is 1. The van der Waals surface area contributed by atoms with E-state index < -0.39 is 0 Å². The Labute approximate surface area is 133 Å². The Morgan fingerprint density at radius 3 is 2.90 bits per heavy atom. The van der Waals surface area contributed by atoms with E-state index in [2.05, 4.69) is 43.2 Å². The molecular formula is C17H27ClN2O. The second-order valence-electron chi connectivity index (χ2n) is 5.92. The number of nitrogens with one attached hydrogen (secondary N) is 1. The highest BCUT2D eigenvalue weighted by atomic mass is 35.5. The molecule has 1 saturated heterocycles. The van der Waals surface area contributed by atoms with Gasteiger partial charge < -0.3 is 10.1 Å². The van der Waals surface area contributed by atoms with Gasteiger partial charge in [0.1, 0.15) is 0 Å². The molecule has 1 heterocycles. The number of ether oxygens (including phenoxy) is 1. The van der Waals surface area contributed by atoms with Crippen molar-refractivity contribution >= 4 is 11.6 Å². The molecule has 0 saturated carbocycles. The van der Waals surface area contributed by atoms with Gasteiger partial charge in [0.25, 0.3) is 0 Å². The van der Waals surface area contributed by atoms with E-state index in [1.54, 1.807) is 0 Å². The van der Waals surface area contributed by atoms with E-state index in [-0.39, 0.29) is 0 Å². The molecule has 0 aromatic heterocycles. The fourth-order valence-electron chi connectivity index (χ4n) is 3.09. The van der Waals surface area contributed by atoms with E-state index in [0.717, 1.165) is 37.7 Å². The maximum Gasteiger partial charge on any atom is 0.0521 e. The van der Waals surface area contributed by atoms with E-state index >= 15 is 0 Å². The van der Waals surface area contributed by atoms with Gasteiger partial charge in [0.05, 0.1) is 6.61 Å². The molecule has 1 aromatic rings. The molecule has 1 aliphatic rings. The van der Waals surface area contributed by atoms with Gasteiger partial charge in [0.2, 0.25) is 0 Å². The van der Waals surface area contributed by atoms with Crippen LogP contribution in [0.15, 0.2) is 24.3 Å².